The van der Waals surface area contributed by atoms with E-state index in [0.717, 1.165) is 5.56 Å². The third-order valence-electron chi connectivity index (χ3n) is 4.32. The second kappa shape index (κ2) is 10.6. The summed E-state index contributed by atoms with van der Waals surface area (Å²) in [6.07, 6.45) is 0.174. The second-order valence-corrected chi connectivity index (χ2v) is 6.61. The zero-order valence-corrected chi connectivity index (χ0v) is 17.0. The molecule has 0 aliphatic carbocycles. The molecule has 0 aliphatic heterocycles. The van der Waals surface area contributed by atoms with Crippen LogP contribution in [0.1, 0.15) is 15.9 Å². The molecule has 3 rings (SSSR count). The van der Waals surface area contributed by atoms with Crippen molar-refractivity contribution in [2.24, 2.45) is 0 Å². The van der Waals surface area contributed by atoms with E-state index in [1.807, 2.05) is 30.3 Å². The maximum Gasteiger partial charge on any atom is 0.340 e. The minimum Gasteiger partial charge on any atom is -0.497 e. The van der Waals surface area contributed by atoms with Crippen molar-refractivity contribution in [1.82, 2.24) is 0 Å². The van der Waals surface area contributed by atoms with Gasteiger partial charge in [0.25, 0.3) is 5.91 Å². The predicted octanol–water partition coefficient (Wildman–Crippen LogP) is 3.67. The number of benzene rings is 3. The molecule has 0 saturated carbocycles. The first-order valence-corrected chi connectivity index (χ1v) is 9.59. The highest BCUT2D eigenvalue weighted by molar-refractivity contribution is 6.02. The number of anilines is 2. The molecule has 0 aromatic heterocycles. The largest absolute Gasteiger partial charge is 0.497 e. The molecule has 2 N–H and O–H groups in total. The summed E-state index contributed by atoms with van der Waals surface area (Å²) in [5, 5.41) is 5.36. The van der Waals surface area contributed by atoms with Crippen LogP contribution in [0.5, 0.6) is 5.75 Å². The molecule has 3 aromatic rings. The van der Waals surface area contributed by atoms with E-state index in [4.69, 9.17) is 9.47 Å². The Bertz CT molecular complexity index is 1070. The fourth-order valence-electron chi connectivity index (χ4n) is 2.85. The van der Waals surface area contributed by atoms with E-state index in [9.17, 15) is 14.4 Å². The number of carbonyl (C=O) groups excluding carboxylic acids is 3. The Morgan fingerprint density at radius 1 is 0.806 bits per heavy atom. The molecule has 3 aromatic carbocycles. The number of amides is 2. The molecule has 7 heteroatoms. The first kappa shape index (κ1) is 21.6. The van der Waals surface area contributed by atoms with Crippen LogP contribution in [-0.2, 0) is 20.7 Å². The van der Waals surface area contributed by atoms with Crippen molar-refractivity contribution in [1.29, 1.82) is 0 Å². The summed E-state index contributed by atoms with van der Waals surface area (Å²) >= 11 is 0. The molecule has 7 nitrogen and oxygen atoms in total. The Morgan fingerprint density at radius 2 is 1.55 bits per heavy atom. The first-order valence-electron chi connectivity index (χ1n) is 9.59. The Balaban J connectivity index is 1.57. The summed E-state index contributed by atoms with van der Waals surface area (Å²) in [6, 6.07) is 22.6. The summed E-state index contributed by atoms with van der Waals surface area (Å²) in [5.74, 6) is -0.874. The Hall–Kier alpha value is -4.13. The third kappa shape index (κ3) is 6.43. The maximum absolute atomic E-state index is 12.5. The van der Waals surface area contributed by atoms with Crippen molar-refractivity contribution in [2.45, 2.75) is 6.42 Å². The SMILES string of the molecule is COc1cccc(NC(=O)COC(=O)c2ccccc2NC(=O)Cc2ccccc2)c1. The molecular weight excluding hydrogens is 396 g/mol. The summed E-state index contributed by atoms with van der Waals surface area (Å²) in [7, 11) is 1.53. The van der Waals surface area contributed by atoms with E-state index >= 15 is 0 Å². The average molecular weight is 418 g/mol. The molecule has 2 amide bonds. The smallest absolute Gasteiger partial charge is 0.340 e. The molecule has 0 fully saturated rings. The van der Waals surface area contributed by atoms with Gasteiger partial charge in [0.1, 0.15) is 5.75 Å². The molecule has 0 atom stereocenters. The number of carbonyl (C=O) groups is 3. The van der Waals surface area contributed by atoms with E-state index in [2.05, 4.69) is 10.6 Å². The minimum atomic E-state index is -0.712. The lowest BCUT2D eigenvalue weighted by Crippen LogP contribution is -2.22. The normalized spacial score (nSPS) is 10.1. The van der Waals surface area contributed by atoms with Gasteiger partial charge in [0.15, 0.2) is 6.61 Å². The summed E-state index contributed by atoms with van der Waals surface area (Å²) < 4.78 is 10.2. The van der Waals surface area contributed by atoms with Crippen molar-refractivity contribution in [2.75, 3.05) is 24.4 Å². The van der Waals surface area contributed by atoms with Crippen molar-refractivity contribution in [3.63, 3.8) is 0 Å². The van der Waals surface area contributed by atoms with Crippen molar-refractivity contribution in [3.8, 4) is 5.75 Å². The van der Waals surface area contributed by atoms with E-state index in [-0.39, 0.29) is 17.9 Å². The van der Waals surface area contributed by atoms with Crippen LogP contribution in [0.2, 0.25) is 0 Å². The van der Waals surface area contributed by atoms with Crippen LogP contribution in [0.3, 0.4) is 0 Å². The van der Waals surface area contributed by atoms with Gasteiger partial charge in [0.05, 0.1) is 24.8 Å². The molecule has 0 saturated heterocycles. The molecule has 31 heavy (non-hydrogen) atoms. The predicted molar refractivity (Wildman–Crippen MR) is 117 cm³/mol. The van der Waals surface area contributed by atoms with E-state index in [0.29, 0.717) is 17.1 Å². The van der Waals surface area contributed by atoms with Gasteiger partial charge in [-0.3, -0.25) is 9.59 Å². The number of hydrogen-bond acceptors (Lipinski definition) is 5. The van der Waals surface area contributed by atoms with Crippen LogP contribution in [0.25, 0.3) is 0 Å². The molecule has 0 bridgehead atoms. The van der Waals surface area contributed by atoms with Gasteiger partial charge in [-0.2, -0.15) is 0 Å². The van der Waals surface area contributed by atoms with E-state index in [1.54, 1.807) is 42.5 Å². The van der Waals surface area contributed by atoms with Crippen molar-refractivity contribution < 1.29 is 23.9 Å². The molecule has 0 radical (unpaired) electrons. The lowest BCUT2D eigenvalue weighted by atomic mass is 10.1. The average Bonchev–Trinajstić information content (AvgIpc) is 2.78. The quantitative estimate of drug-likeness (QED) is 0.545. The van der Waals surface area contributed by atoms with Gasteiger partial charge in [-0.05, 0) is 29.8 Å². The molecule has 0 aliphatic rings. The topological polar surface area (TPSA) is 93.7 Å². The van der Waals surface area contributed by atoms with Crippen LogP contribution in [-0.4, -0.2) is 31.5 Å². The third-order valence-corrected chi connectivity index (χ3v) is 4.32. The van der Waals surface area contributed by atoms with Crippen LogP contribution in [0.4, 0.5) is 11.4 Å². The first-order chi connectivity index (χ1) is 15.0. The van der Waals surface area contributed by atoms with Crippen LogP contribution >= 0.6 is 0 Å². The number of nitrogens with one attached hydrogen (secondary N) is 2. The lowest BCUT2D eigenvalue weighted by molar-refractivity contribution is -0.119. The van der Waals surface area contributed by atoms with Gasteiger partial charge in [-0.15, -0.1) is 0 Å². The van der Waals surface area contributed by atoms with Crippen LogP contribution in [0.15, 0.2) is 78.9 Å². The van der Waals surface area contributed by atoms with Crippen LogP contribution < -0.4 is 15.4 Å². The Labute approximate surface area is 180 Å². The van der Waals surface area contributed by atoms with Gasteiger partial charge >= 0.3 is 5.97 Å². The highest BCUT2D eigenvalue weighted by Gasteiger charge is 2.16. The number of ether oxygens (including phenoxy) is 2. The molecular formula is C24H22N2O5. The second-order valence-electron chi connectivity index (χ2n) is 6.61. The van der Waals surface area contributed by atoms with Gasteiger partial charge < -0.3 is 20.1 Å². The fourth-order valence-corrected chi connectivity index (χ4v) is 2.85. The lowest BCUT2D eigenvalue weighted by Gasteiger charge is -2.11. The molecule has 158 valence electrons. The maximum atomic E-state index is 12.5. The summed E-state index contributed by atoms with van der Waals surface area (Å²) in [5.41, 5.74) is 1.86. The number of hydrogen-bond donors (Lipinski definition) is 2. The van der Waals surface area contributed by atoms with Crippen molar-refractivity contribution >= 4 is 29.2 Å². The molecule has 0 spiro atoms. The summed E-state index contributed by atoms with van der Waals surface area (Å²) in [4.78, 5) is 36.9. The van der Waals surface area contributed by atoms with E-state index in [1.165, 1.54) is 13.2 Å². The fraction of sp³-hybridized carbons (Fsp3) is 0.125. The van der Waals surface area contributed by atoms with Gasteiger partial charge in [0, 0.05) is 11.8 Å². The zero-order valence-electron chi connectivity index (χ0n) is 17.0. The number of esters is 1. The highest BCUT2D eigenvalue weighted by atomic mass is 16.5. The number of methoxy groups -OCH3 is 1. The summed E-state index contributed by atoms with van der Waals surface area (Å²) in [6.45, 7) is -0.470. The van der Waals surface area contributed by atoms with Crippen molar-refractivity contribution in [3.05, 3.63) is 90.0 Å². The molecule has 0 unspecified atom stereocenters. The van der Waals surface area contributed by atoms with Crippen LogP contribution in [0, 0.1) is 0 Å². The monoisotopic (exact) mass is 418 g/mol. The van der Waals surface area contributed by atoms with E-state index < -0.39 is 18.5 Å². The number of para-hydroxylation sites is 1. The standard InChI is InChI=1S/C24H22N2O5/c1-30-19-11-7-10-18(15-19)25-23(28)16-31-24(29)20-12-5-6-13-21(20)26-22(27)14-17-8-3-2-4-9-17/h2-13,15H,14,16H2,1H3,(H,25,28)(H,26,27). The number of rotatable bonds is 8. The van der Waals surface area contributed by atoms with Gasteiger partial charge in [-0.1, -0.05) is 48.5 Å². The van der Waals surface area contributed by atoms with Gasteiger partial charge in [0.2, 0.25) is 5.91 Å². The highest BCUT2D eigenvalue weighted by Crippen LogP contribution is 2.18. The Kier molecular flexibility index (Phi) is 7.37. The zero-order chi connectivity index (χ0) is 22.1. The van der Waals surface area contributed by atoms with Gasteiger partial charge in [-0.25, -0.2) is 4.79 Å². The molecule has 0 heterocycles. The minimum absolute atomic E-state index is 0.165. The Morgan fingerprint density at radius 3 is 2.32 bits per heavy atom.